The predicted octanol–water partition coefficient (Wildman–Crippen LogP) is 12.7. The van der Waals surface area contributed by atoms with Gasteiger partial charge in [0.25, 0.3) is 0 Å². The molecule has 4 heteroatoms. The fourth-order valence-corrected chi connectivity index (χ4v) is 7.62. The van der Waals surface area contributed by atoms with Gasteiger partial charge in [-0.15, -0.1) is 11.3 Å². The van der Waals surface area contributed by atoms with Crippen LogP contribution in [-0.2, 0) is 0 Å². The summed E-state index contributed by atoms with van der Waals surface area (Å²) >= 11 is 1.80. The van der Waals surface area contributed by atoms with E-state index in [1.807, 2.05) is 30.3 Å². The average molecular weight is 621 g/mol. The first-order chi connectivity index (χ1) is 23.3. The van der Waals surface area contributed by atoms with Crippen molar-refractivity contribution in [2.45, 2.75) is 0 Å². The molecular weight excluding hydrogens is 593 g/mol. The van der Waals surface area contributed by atoms with E-state index in [1.165, 1.54) is 42.4 Å². The van der Waals surface area contributed by atoms with E-state index in [1.54, 1.807) is 11.3 Å². The zero-order chi connectivity index (χ0) is 31.2. The predicted molar refractivity (Wildman–Crippen MR) is 198 cm³/mol. The van der Waals surface area contributed by atoms with Gasteiger partial charge >= 0.3 is 0 Å². The molecule has 0 amide bonds. The van der Waals surface area contributed by atoms with Crippen molar-refractivity contribution in [1.29, 1.82) is 0 Å². The molecule has 0 aliphatic rings. The molecule has 0 N–H and O–H groups in total. The molecule has 7 aromatic carbocycles. The number of anilines is 3. The van der Waals surface area contributed by atoms with Crippen LogP contribution in [0.1, 0.15) is 0 Å². The maximum Gasteiger partial charge on any atom is 0.227 e. The summed E-state index contributed by atoms with van der Waals surface area (Å²) in [5.74, 6) is 0.645. The van der Waals surface area contributed by atoms with Crippen molar-refractivity contribution in [2.75, 3.05) is 4.90 Å². The van der Waals surface area contributed by atoms with E-state index in [0.29, 0.717) is 5.89 Å². The van der Waals surface area contributed by atoms with Crippen molar-refractivity contribution in [2.24, 2.45) is 0 Å². The van der Waals surface area contributed by atoms with E-state index < -0.39 is 0 Å². The first-order valence-corrected chi connectivity index (χ1v) is 16.5. The third-order valence-electron chi connectivity index (χ3n) is 8.69. The average Bonchev–Trinajstić information content (AvgIpc) is 3.73. The van der Waals surface area contributed by atoms with Crippen LogP contribution >= 0.6 is 11.3 Å². The van der Waals surface area contributed by atoms with Crippen molar-refractivity contribution >= 4 is 59.7 Å². The minimum Gasteiger partial charge on any atom is -0.436 e. The number of nitrogens with zero attached hydrogens (tertiary/aromatic N) is 2. The highest BCUT2D eigenvalue weighted by molar-refractivity contribution is 7.26. The van der Waals surface area contributed by atoms with Gasteiger partial charge in [-0.2, -0.15) is 0 Å². The second kappa shape index (κ2) is 11.4. The lowest BCUT2D eigenvalue weighted by Crippen LogP contribution is -2.10. The Kier molecular flexibility index (Phi) is 6.65. The summed E-state index contributed by atoms with van der Waals surface area (Å²) in [5, 5.41) is 2.39. The molecule has 2 heterocycles. The molecule has 3 nitrogen and oxygen atoms in total. The second-order valence-corrected chi connectivity index (χ2v) is 12.7. The third kappa shape index (κ3) is 4.96. The highest BCUT2D eigenvalue weighted by atomic mass is 32.1. The number of rotatable bonds is 6. The van der Waals surface area contributed by atoms with Crippen LogP contribution < -0.4 is 4.90 Å². The van der Waals surface area contributed by atoms with Crippen molar-refractivity contribution < 1.29 is 4.42 Å². The lowest BCUT2D eigenvalue weighted by molar-refractivity contribution is 0.620. The van der Waals surface area contributed by atoms with Gasteiger partial charge in [0.2, 0.25) is 5.89 Å². The number of aromatic nitrogens is 1. The number of hydrogen-bond acceptors (Lipinski definition) is 4. The maximum absolute atomic E-state index is 6.26. The number of thiophene rings is 1. The van der Waals surface area contributed by atoms with E-state index in [2.05, 4.69) is 144 Å². The van der Waals surface area contributed by atoms with Gasteiger partial charge in [0.15, 0.2) is 5.58 Å². The molecule has 2 aromatic heterocycles. The van der Waals surface area contributed by atoms with Crippen LogP contribution in [0.25, 0.3) is 65.0 Å². The Morgan fingerprint density at radius 1 is 0.468 bits per heavy atom. The lowest BCUT2D eigenvalue weighted by Gasteiger charge is -2.27. The molecule has 222 valence electrons. The molecule has 0 bridgehead atoms. The van der Waals surface area contributed by atoms with Gasteiger partial charge < -0.3 is 9.32 Å². The second-order valence-electron chi connectivity index (χ2n) is 11.6. The molecule has 0 unspecified atom stereocenters. The third-order valence-corrected chi connectivity index (χ3v) is 9.88. The highest BCUT2D eigenvalue weighted by Gasteiger charge is 2.20. The van der Waals surface area contributed by atoms with Gasteiger partial charge in [-0.25, -0.2) is 4.98 Å². The monoisotopic (exact) mass is 620 g/mol. The summed E-state index contributed by atoms with van der Waals surface area (Å²) in [6.07, 6.45) is 0. The minimum absolute atomic E-state index is 0.645. The highest BCUT2D eigenvalue weighted by Crippen LogP contribution is 2.46. The van der Waals surface area contributed by atoms with Crippen LogP contribution in [0.2, 0.25) is 0 Å². The number of benzene rings is 7. The molecule has 0 spiro atoms. The standard InChI is InChI=1S/C43H28N2OS/c1-4-12-29(13-5-1)31-22-24-34(25-23-31)45(35-19-10-18-33(26-35)30-14-6-2-7-15-30)39-21-11-20-36-37-27-38-40(28-41(37)47-42(36)39)46-43(44-38)32-16-8-3-9-17-32/h1-28H. The lowest BCUT2D eigenvalue weighted by atomic mass is 10.0. The molecule has 0 radical (unpaired) electrons. The van der Waals surface area contributed by atoms with Gasteiger partial charge in [0.05, 0.1) is 10.4 Å². The number of hydrogen-bond donors (Lipinski definition) is 0. The quantitative estimate of drug-likeness (QED) is 0.185. The molecule has 0 saturated heterocycles. The first-order valence-electron chi connectivity index (χ1n) is 15.7. The van der Waals surface area contributed by atoms with Crippen LogP contribution in [0, 0.1) is 0 Å². The number of fused-ring (bicyclic) bond motifs is 4. The van der Waals surface area contributed by atoms with Crippen LogP contribution in [0.15, 0.2) is 174 Å². The Balaban J connectivity index is 1.21. The molecule has 0 fully saturated rings. The Hall–Kier alpha value is -5.97. The van der Waals surface area contributed by atoms with E-state index in [0.717, 1.165) is 33.7 Å². The van der Waals surface area contributed by atoms with Crippen molar-refractivity contribution in [3.63, 3.8) is 0 Å². The summed E-state index contributed by atoms with van der Waals surface area (Å²) in [7, 11) is 0. The van der Waals surface area contributed by atoms with Crippen molar-refractivity contribution in [3.05, 3.63) is 170 Å². The fraction of sp³-hybridized carbons (Fsp3) is 0. The molecular formula is C43H28N2OS. The summed E-state index contributed by atoms with van der Waals surface area (Å²) in [4.78, 5) is 7.26. The van der Waals surface area contributed by atoms with Crippen molar-refractivity contribution in [3.8, 4) is 33.7 Å². The van der Waals surface area contributed by atoms with Gasteiger partial charge in [0.1, 0.15) is 5.52 Å². The van der Waals surface area contributed by atoms with Gasteiger partial charge in [-0.1, -0.05) is 115 Å². The topological polar surface area (TPSA) is 29.3 Å². The number of oxazole rings is 1. The van der Waals surface area contributed by atoms with E-state index in [4.69, 9.17) is 9.40 Å². The molecule has 0 aliphatic carbocycles. The molecule has 0 atom stereocenters. The zero-order valence-corrected chi connectivity index (χ0v) is 26.2. The smallest absolute Gasteiger partial charge is 0.227 e. The molecule has 0 saturated carbocycles. The molecule has 47 heavy (non-hydrogen) atoms. The Labute approximate surface area is 276 Å². The van der Waals surface area contributed by atoms with Crippen molar-refractivity contribution in [1.82, 2.24) is 4.98 Å². The van der Waals surface area contributed by atoms with Gasteiger partial charge in [-0.3, -0.25) is 0 Å². The van der Waals surface area contributed by atoms with Crippen LogP contribution in [0.5, 0.6) is 0 Å². The summed E-state index contributed by atoms with van der Waals surface area (Å²) < 4.78 is 8.65. The Morgan fingerprint density at radius 3 is 1.81 bits per heavy atom. The SMILES string of the molecule is c1ccc(-c2ccc(N(c3cccc(-c4ccccc4)c3)c3cccc4c3sc3cc5oc(-c6ccccc6)nc5cc34)cc2)cc1. The van der Waals surface area contributed by atoms with Crippen LogP contribution in [-0.4, -0.2) is 4.98 Å². The normalized spacial score (nSPS) is 11.4. The van der Waals surface area contributed by atoms with Gasteiger partial charge in [0, 0.05) is 38.5 Å². The molecule has 0 aliphatic heterocycles. The minimum atomic E-state index is 0.645. The summed E-state index contributed by atoms with van der Waals surface area (Å²) in [6.45, 7) is 0. The summed E-state index contributed by atoms with van der Waals surface area (Å²) in [6, 6.07) is 59.8. The Bertz CT molecular complexity index is 2500. The van der Waals surface area contributed by atoms with Gasteiger partial charge in [-0.05, 0) is 70.8 Å². The maximum atomic E-state index is 6.26. The van der Waals surface area contributed by atoms with Crippen LogP contribution in [0.3, 0.4) is 0 Å². The van der Waals surface area contributed by atoms with Crippen LogP contribution in [0.4, 0.5) is 17.1 Å². The van der Waals surface area contributed by atoms with E-state index in [9.17, 15) is 0 Å². The first kappa shape index (κ1) is 27.3. The zero-order valence-electron chi connectivity index (χ0n) is 25.4. The Morgan fingerprint density at radius 2 is 1.09 bits per heavy atom. The van der Waals surface area contributed by atoms with E-state index in [-0.39, 0.29) is 0 Å². The summed E-state index contributed by atoms with van der Waals surface area (Å²) in [5.41, 5.74) is 10.8. The van der Waals surface area contributed by atoms with E-state index >= 15 is 0 Å². The molecule has 9 aromatic rings. The molecule has 9 rings (SSSR count). The fourth-order valence-electron chi connectivity index (χ4n) is 6.40. The largest absolute Gasteiger partial charge is 0.436 e.